The van der Waals surface area contributed by atoms with Crippen LogP contribution in [0.2, 0.25) is 0 Å². The van der Waals surface area contributed by atoms with Crippen molar-refractivity contribution in [3.63, 3.8) is 0 Å². The molecule has 0 spiro atoms. The van der Waals surface area contributed by atoms with E-state index in [1.165, 1.54) is 0 Å². The molecule has 0 saturated carbocycles. The number of aromatic amines is 1. The van der Waals surface area contributed by atoms with Crippen molar-refractivity contribution in [2.45, 2.75) is 39.0 Å². The minimum atomic E-state index is -0.195. The van der Waals surface area contributed by atoms with Gasteiger partial charge in [-0.25, -0.2) is 24.4 Å². The lowest BCUT2D eigenvalue weighted by Crippen LogP contribution is -2.36. The van der Waals surface area contributed by atoms with Crippen LogP contribution in [0.25, 0.3) is 5.69 Å². The maximum absolute atomic E-state index is 12.4. The molecule has 7 nitrogen and oxygen atoms in total. The Bertz CT molecular complexity index is 978. The Morgan fingerprint density at radius 1 is 1.22 bits per heavy atom. The van der Waals surface area contributed by atoms with Crippen molar-refractivity contribution in [2.24, 2.45) is 0 Å². The summed E-state index contributed by atoms with van der Waals surface area (Å²) in [6, 6.07) is 11.7. The van der Waals surface area contributed by atoms with Crippen LogP contribution in [0, 0.1) is 6.92 Å². The van der Waals surface area contributed by atoms with Crippen LogP contribution in [-0.2, 0) is 6.42 Å². The lowest BCUT2D eigenvalue weighted by atomic mass is 9.97. The average Bonchev–Trinajstić information content (AvgIpc) is 3.09. The Hall–Kier alpha value is -2.96. The van der Waals surface area contributed by atoms with E-state index in [1.54, 1.807) is 4.57 Å². The van der Waals surface area contributed by atoms with E-state index in [2.05, 4.69) is 38.1 Å². The first kappa shape index (κ1) is 17.5. The summed E-state index contributed by atoms with van der Waals surface area (Å²) in [5.41, 5.74) is 1.70. The number of nitrogens with zero attached hydrogens (tertiary/aromatic N) is 5. The molecule has 0 unspecified atom stereocenters. The highest BCUT2D eigenvalue weighted by molar-refractivity contribution is 5.41. The molecule has 1 atom stereocenters. The lowest BCUT2D eigenvalue weighted by Gasteiger charge is -2.33. The highest BCUT2D eigenvalue weighted by Crippen LogP contribution is 2.29. The van der Waals surface area contributed by atoms with Crippen LogP contribution in [-0.4, -0.2) is 37.8 Å². The van der Waals surface area contributed by atoms with E-state index in [0.717, 1.165) is 61.2 Å². The molecule has 1 aliphatic heterocycles. The van der Waals surface area contributed by atoms with Gasteiger partial charge in [0.25, 0.3) is 0 Å². The predicted octanol–water partition coefficient (Wildman–Crippen LogP) is 2.61. The van der Waals surface area contributed by atoms with E-state index in [-0.39, 0.29) is 11.6 Å². The van der Waals surface area contributed by atoms with Crippen molar-refractivity contribution in [3.05, 3.63) is 64.2 Å². The first-order chi connectivity index (χ1) is 13.2. The van der Waals surface area contributed by atoms with Gasteiger partial charge in [0.05, 0.1) is 5.69 Å². The number of H-pyrrole nitrogens is 1. The van der Waals surface area contributed by atoms with Gasteiger partial charge in [0.15, 0.2) is 0 Å². The Morgan fingerprint density at radius 3 is 2.81 bits per heavy atom. The monoisotopic (exact) mass is 364 g/mol. The molecule has 1 fully saturated rings. The molecule has 0 aliphatic carbocycles. The number of anilines is 1. The van der Waals surface area contributed by atoms with E-state index < -0.39 is 0 Å². The van der Waals surface area contributed by atoms with Crippen molar-refractivity contribution in [2.75, 3.05) is 18.0 Å². The van der Waals surface area contributed by atoms with Gasteiger partial charge in [-0.2, -0.15) is 5.10 Å². The summed E-state index contributed by atoms with van der Waals surface area (Å²) in [7, 11) is 0. The first-order valence-electron chi connectivity index (χ1n) is 9.48. The molecule has 140 valence electrons. The molecular formula is C20H24N6O. The molecule has 7 heteroatoms. The second kappa shape index (κ2) is 7.34. The smallest absolute Gasteiger partial charge is 0.347 e. The van der Waals surface area contributed by atoms with E-state index >= 15 is 0 Å². The molecule has 3 aromatic rings. The fraction of sp³-hybridized carbons (Fsp3) is 0.400. The predicted molar refractivity (Wildman–Crippen MR) is 105 cm³/mol. The van der Waals surface area contributed by atoms with Crippen LogP contribution in [0.15, 0.2) is 41.2 Å². The van der Waals surface area contributed by atoms with Crippen LogP contribution >= 0.6 is 0 Å². The van der Waals surface area contributed by atoms with Gasteiger partial charge in [0.2, 0.25) is 0 Å². The number of para-hydroxylation sites is 1. The average molecular weight is 364 g/mol. The number of aryl methyl sites for hydroxylation is 2. The second-order valence-corrected chi connectivity index (χ2v) is 6.96. The van der Waals surface area contributed by atoms with Gasteiger partial charge in [-0.1, -0.05) is 25.1 Å². The van der Waals surface area contributed by atoms with E-state index in [4.69, 9.17) is 0 Å². The van der Waals surface area contributed by atoms with Crippen LogP contribution < -0.4 is 10.6 Å². The van der Waals surface area contributed by atoms with E-state index in [0.29, 0.717) is 0 Å². The number of hydrogen-bond donors (Lipinski definition) is 1. The zero-order valence-electron chi connectivity index (χ0n) is 15.7. The van der Waals surface area contributed by atoms with E-state index in [9.17, 15) is 4.79 Å². The molecule has 2 aromatic heterocycles. The Balaban J connectivity index is 1.65. The van der Waals surface area contributed by atoms with Gasteiger partial charge in [-0.05, 0) is 38.3 Å². The van der Waals surface area contributed by atoms with Gasteiger partial charge >= 0.3 is 5.69 Å². The van der Waals surface area contributed by atoms with E-state index in [1.807, 2.05) is 37.3 Å². The topological polar surface area (TPSA) is 79.7 Å². The van der Waals surface area contributed by atoms with Gasteiger partial charge in [-0.3, -0.25) is 0 Å². The number of benzene rings is 1. The lowest BCUT2D eigenvalue weighted by molar-refractivity contribution is 0.482. The zero-order valence-corrected chi connectivity index (χ0v) is 15.7. The molecule has 27 heavy (non-hydrogen) atoms. The van der Waals surface area contributed by atoms with Crippen molar-refractivity contribution in [1.29, 1.82) is 0 Å². The summed E-state index contributed by atoms with van der Waals surface area (Å²) in [5, 5.41) is 6.99. The van der Waals surface area contributed by atoms with Crippen molar-refractivity contribution in [3.8, 4) is 5.69 Å². The normalized spacial score (nSPS) is 17.3. The van der Waals surface area contributed by atoms with Gasteiger partial charge < -0.3 is 4.90 Å². The van der Waals surface area contributed by atoms with Gasteiger partial charge in [-0.15, -0.1) is 0 Å². The van der Waals surface area contributed by atoms with Crippen LogP contribution in [0.4, 0.5) is 5.82 Å². The third kappa shape index (κ3) is 3.49. The Kier molecular flexibility index (Phi) is 4.75. The standard InChI is InChI=1S/C20H24N6O/c1-3-16-12-18(22-14(2)21-16)25-11-7-8-15(13-25)19-23-24-20(27)26(19)17-9-5-4-6-10-17/h4-6,9-10,12,15H,3,7-8,11,13H2,1-2H3,(H,24,27)/t15-/m1/s1. The van der Waals surface area contributed by atoms with Crippen molar-refractivity contribution < 1.29 is 0 Å². The maximum Gasteiger partial charge on any atom is 0.347 e. The molecule has 3 heterocycles. The second-order valence-electron chi connectivity index (χ2n) is 6.96. The number of nitrogens with one attached hydrogen (secondary N) is 1. The summed E-state index contributed by atoms with van der Waals surface area (Å²) >= 11 is 0. The number of aromatic nitrogens is 5. The van der Waals surface area contributed by atoms with Gasteiger partial charge in [0, 0.05) is 30.8 Å². The maximum atomic E-state index is 12.4. The fourth-order valence-corrected chi connectivity index (χ4v) is 3.76. The molecule has 1 saturated heterocycles. The summed E-state index contributed by atoms with van der Waals surface area (Å²) in [4.78, 5) is 23.8. The summed E-state index contributed by atoms with van der Waals surface area (Å²) in [6.45, 7) is 5.78. The third-order valence-corrected chi connectivity index (χ3v) is 5.06. The first-order valence-corrected chi connectivity index (χ1v) is 9.48. The Morgan fingerprint density at radius 2 is 2.04 bits per heavy atom. The molecular weight excluding hydrogens is 340 g/mol. The molecule has 4 rings (SSSR count). The summed E-state index contributed by atoms with van der Waals surface area (Å²) < 4.78 is 1.69. The molecule has 0 amide bonds. The third-order valence-electron chi connectivity index (χ3n) is 5.06. The number of hydrogen-bond acceptors (Lipinski definition) is 5. The fourth-order valence-electron chi connectivity index (χ4n) is 3.76. The number of rotatable bonds is 4. The largest absolute Gasteiger partial charge is 0.356 e. The molecule has 1 aromatic carbocycles. The SMILES string of the molecule is CCc1cc(N2CCC[C@@H](c3n[nH]c(=O)n3-c3ccccc3)C2)nc(C)n1. The van der Waals surface area contributed by atoms with Crippen molar-refractivity contribution in [1.82, 2.24) is 24.7 Å². The van der Waals surface area contributed by atoms with Gasteiger partial charge in [0.1, 0.15) is 17.5 Å². The minimum Gasteiger partial charge on any atom is -0.356 e. The zero-order chi connectivity index (χ0) is 18.8. The van der Waals surface area contributed by atoms with Crippen LogP contribution in [0.3, 0.4) is 0 Å². The summed E-state index contributed by atoms with van der Waals surface area (Å²) in [5.74, 6) is 2.72. The highest BCUT2D eigenvalue weighted by atomic mass is 16.1. The molecule has 1 N–H and O–H groups in total. The molecule has 0 radical (unpaired) electrons. The van der Waals surface area contributed by atoms with Crippen molar-refractivity contribution >= 4 is 5.82 Å². The minimum absolute atomic E-state index is 0.165. The van der Waals surface area contributed by atoms with Crippen LogP contribution in [0.1, 0.15) is 43.0 Å². The molecule has 0 bridgehead atoms. The summed E-state index contributed by atoms with van der Waals surface area (Å²) in [6.07, 6.45) is 2.92. The molecule has 1 aliphatic rings. The Labute approximate surface area is 158 Å². The quantitative estimate of drug-likeness (QED) is 0.770. The van der Waals surface area contributed by atoms with Crippen LogP contribution in [0.5, 0.6) is 0 Å². The highest BCUT2D eigenvalue weighted by Gasteiger charge is 2.27. The number of piperidine rings is 1.